The third kappa shape index (κ3) is 5.23. The predicted molar refractivity (Wildman–Crippen MR) is 104 cm³/mol. The Morgan fingerprint density at radius 2 is 2.16 bits per heavy atom. The number of phenols is 1. The smallest absolute Gasteiger partial charge is 0.227 e. The van der Waals surface area contributed by atoms with Gasteiger partial charge in [-0.3, -0.25) is 4.79 Å². The molecule has 0 spiro atoms. The van der Waals surface area contributed by atoms with Crippen LogP contribution in [0.5, 0.6) is 5.75 Å². The van der Waals surface area contributed by atoms with Crippen molar-refractivity contribution in [2.75, 3.05) is 38.0 Å². The molecule has 2 aliphatic rings. The van der Waals surface area contributed by atoms with Crippen LogP contribution in [0.3, 0.4) is 0 Å². The van der Waals surface area contributed by atoms with Crippen LogP contribution in [0.1, 0.15) is 26.2 Å². The number of rotatable bonds is 4. The molecule has 0 radical (unpaired) electrons. The first kappa shape index (κ1) is 20.3. The van der Waals surface area contributed by atoms with E-state index in [1.54, 1.807) is 12.1 Å². The summed E-state index contributed by atoms with van der Waals surface area (Å²) in [5.74, 6) is 0.0157. The van der Waals surface area contributed by atoms with Gasteiger partial charge in [0, 0.05) is 24.0 Å². The fourth-order valence-corrected chi connectivity index (χ4v) is 3.91. The number of aromatic hydroxyl groups is 1. The van der Waals surface area contributed by atoms with Gasteiger partial charge >= 0.3 is 0 Å². The van der Waals surface area contributed by atoms with Crippen molar-refractivity contribution in [2.45, 2.75) is 26.2 Å². The molecular weight excluding hydrogens is 361 g/mol. The molecule has 25 heavy (non-hydrogen) atoms. The molecule has 2 fully saturated rings. The molecule has 7 heteroatoms. The monoisotopic (exact) mass is 387 g/mol. The van der Waals surface area contributed by atoms with Crippen LogP contribution in [-0.2, 0) is 4.79 Å². The Bertz CT molecular complexity index is 598. The number of carbonyl (C=O) groups excluding carboxylic acids is 1. The summed E-state index contributed by atoms with van der Waals surface area (Å²) >= 11 is 5.93. The van der Waals surface area contributed by atoms with Gasteiger partial charge in [-0.1, -0.05) is 18.5 Å². The zero-order valence-electron chi connectivity index (χ0n) is 14.6. The van der Waals surface area contributed by atoms with Crippen molar-refractivity contribution in [1.82, 2.24) is 10.2 Å². The van der Waals surface area contributed by atoms with E-state index < -0.39 is 0 Å². The van der Waals surface area contributed by atoms with Crippen molar-refractivity contribution in [3.8, 4) is 5.75 Å². The molecule has 2 aliphatic heterocycles. The number of carbonyl (C=O) groups is 1. The van der Waals surface area contributed by atoms with Crippen LogP contribution < -0.4 is 10.6 Å². The highest BCUT2D eigenvalue weighted by Gasteiger charge is 2.33. The molecule has 1 aromatic carbocycles. The van der Waals surface area contributed by atoms with E-state index in [1.807, 2.05) is 0 Å². The van der Waals surface area contributed by atoms with Crippen molar-refractivity contribution < 1.29 is 9.90 Å². The van der Waals surface area contributed by atoms with Gasteiger partial charge in [0.2, 0.25) is 5.91 Å². The molecule has 5 nitrogen and oxygen atoms in total. The fourth-order valence-electron chi connectivity index (χ4n) is 3.74. The van der Waals surface area contributed by atoms with E-state index in [2.05, 4.69) is 22.5 Å². The summed E-state index contributed by atoms with van der Waals surface area (Å²) in [7, 11) is 0. The number of likely N-dealkylation sites (tertiary alicyclic amines) is 1. The summed E-state index contributed by atoms with van der Waals surface area (Å²) in [6.07, 6.45) is 2.94. The van der Waals surface area contributed by atoms with Gasteiger partial charge in [0.15, 0.2) is 0 Å². The van der Waals surface area contributed by atoms with Crippen molar-refractivity contribution in [3.63, 3.8) is 0 Å². The number of nitrogens with zero attached hydrogens (tertiary/aromatic N) is 1. The van der Waals surface area contributed by atoms with Crippen LogP contribution in [-0.4, -0.2) is 48.6 Å². The minimum Gasteiger partial charge on any atom is -0.506 e. The average Bonchev–Trinajstić information content (AvgIpc) is 2.98. The van der Waals surface area contributed by atoms with Crippen molar-refractivity contribution >= 4 is 35.6 Å². The van der Waals surface area contributed by atoms with Gasteiger partial charge in [0.25, 0.3) is 0 Å². The van der Waals surface area contributed by atoms with Gasteiger partial charge in [0.05, 0.1) is 5.69 Å². The molecule has 3 N–H and O–H groups in total. The Morgan fingerprint density at radius 1 is 1.44 bits per heavy atom. The SMILES string of the molecule is CC1(CN2CCC(C(=O)Nc3cc(Cl)ccc3O)CC2)CCNC1.Cl. The van der Waals surface area contributed by atoms with Crippen LogP contribution in [0.25, 0.3) is 0 Å². The van der Waals surface area contributed by atoms with Gasteiger partial charge in [-0.15, -0.1) is 12.4 Å². The highest BCUT2D eigenvalue weighted by molar-refractivity contribution is 6.31. The standard InChI is InChI=1S/C18H26ClN3O2.ClH/c1-18(6-7-20-11-18)12-22-8-4-13(5-9-22)17(24)21-15-10-14(19)2-3-16(15)23;/h2-3,10,13,20,23H,4-9,11-12H2,1H3,(H,21,24);1H. The average molecular weight is 388 g/mol. The second-order valence-corrected chi connectivity index (χ2v) is 7.88. The Labute approximate surface area is 160 Å². The summed E-state index contributed by atoms with van der Waals surface area (Å²) in [6.45, 7) is 7.54. The molecule has 0 aromatic heterocycles. The zero-order chi connectivity index (χ0) is 17.2. The first-order valence-corrected chi connectivity index (χ1v) is 9.05. The molecule has 2 heterocycles. The number of piperidine rings is 1. The molecule has 2 saturated heterocycles. The Morgan fingerprint density at radius 3 is 2.80 bits per heavy atom. The minimum absolute atomic E-state index is 0. The molecule has 1 amide bonds. The highest BCUT2D eigenvalue weighted by Crippen LogP contribution is 2.30. The van der Waals surface area contributed by atoms with Crippen molar-refractivity contribution in [2.24, 2.45) is 11.3 Å². The van der Waals surface area contributed by atoms with Gasteiger partial charge in [-0.2, -0.15) is 0 Å². The molecule has 3 rings (SSSR count). The summed E-state index contributed by atoms with van der Waals surface area (Å²) in [5.41, 5.74) is 0.751. The zero-order valence-corrected chi connectivity index (χ0v) is 16.1. The number of benzene rings is 1. The minimum atomic E-state index is -0.0269. The number of halogens is 2. The summed E-state index contributed by atoms with van der Waals surface area (Å²) in [4.78, 5) is 14.9. The summed E-state index contributed by atoms with van der Waals surface area (Å²) < 4.78 is 0. The van der Waals surface area contributed by atoms with Gasteiger partial charge in [0.1, 0.15) is 5.75 Å². The largest absolute Gasteiger partial charge is 0.506 e. The van der Waals surface area contributed by atoms with E-state index in [4.69, 9.17) is 11.6 Å². The summed E-state index contributed by atoms with van der Waals surface area (Å²) in [5, 5.41) is 16.6. The normalized spacial score (nSPS) is 24.7. The highest BCUT2D eigenvalue weighted by atomic mass is 35.5. The molecule has 1 atom stereocenters. The predicted octanol–water partition coefficient (Wildman–Crippen LogP) is 3.12. The van der Waals surface area contributed by atoms with Crippen LogP contribution in [0.4, 0.5) is 5.69 Å². The molecular formula is C18H27Cl2N3O2. The van der Waals surface area contributed by atoms with E-state index in [9.17, 15) is 9.90 Å². The van der Waals surface area contributed by atoms with E-state index in [0.29, 0.717) is 16.1 Å². The molecule has 1 aromatic rings. The van der Waals surface area contributed by atoms with Crippen LogP contribution >= 0.6 is 24.0 Å². The quantitative estimate of drug-likeness (QED) is 0.694. The third-order valence-electron chi connectivity index (χ3n) is 5.24. The third-order valence-corrected chi connectivity index (χ3v) is 5.47. The first-order valence-electron chi connectivity index (χ1n) is 8.68. The lowest BCUT2D eigenvalue weighted by atomic mass is 9.87. The topological polar surface area (TPSA) is 64.6 Å². The van der Waals surface area contributed by atoms with E-state index in [0.717, 1.165) is 45.6 Å². The first-order chi connectivity index (χ1) is 11.5. The maximum absolute atomic E-state index is 12.5. The fraction of sp³-hybridized carbons (Fsp3) is 0.611. The van der Waals surface area contributed by atoms with E-state index >= 15 is 0 Å². The maximum Gasteiger partial charge on any atom is 0.227 e. The molecule has 1 unspecified atom stereocenters. The molecule has 0 bridgehead atoms. The van der Waals surface area contributed by atoms with E-state index in [1.165, 1.54) is 12.5 Å². The summed E-state index contributed by atoms with van der Waals surface area (Å²) in [6, 6.07) is 4.68. The lowest BCUT2D eigenvalue weighted by Crippen LogP contribution is -2.43. The van der Waals surface area contributed by atoms with Crippen molar-refractivity contribution in [1.29, 1.82) is 0 Å². The molecule has 0 saturated carbocycles. The van der Waals surface area contributed by atoms with Crippen molar-refractivity contribution in [3.05, 3.63) is 23.2 Å². The maximum atomic E-state index is 12.5. The number of amides is 1. The second kappa shape index (κ2) is 8.58. The van der Waals surface area contributed by atoms with Crippen LogP contribution in [0.15, 0.2) is 18.2 Å². The second-order valence-electron chi connectivity index (χ2n) is 7.44. The molecule has 140 valence electrons. The van der Waals surface area contributed by atoms with Gasteiger partial charge in [-0.25, -0.2) is 0 Å². The number of nitrogens with one attached hydrogen (secondary N) is 2. The molecule has 0 aliphatic carbocycles. The number of anilines is 1. The van der Waals surface area contributed by atoms with Gasteiger partial charge in [-0.05, 0) is 62.5 Å². The number of hydrogen-bond donors (Lipinski definition) is 3. The lowest BCUT2D eigenvalue weighted by molar-refractivity contribution is -0.121. The van der Waals surface area contributed by atoms with Gasteiger partial charge < -0.3 is 20.6 Å². The van der Waals surface area contributed by atoms with E-state index in [-0.39, 0.29) is 30.0 Å². The Hall–Kier alpha value is -1.01. The lowest BCUT2D eigenvalue weighted by Gasteiger charge is -2.36. The number of phenolic OH excluding ortho intramolecular Hbond substituents is 1. The van der Waals surface area contributed by atoms with Crippen LogP contribution in [0.2, 0.25) is 5.02 Å². The number of hydrogen-bond acceptors (Lipinski definition) is 4. The van der Waals surface area contributed by atoms with Crippen LogP contribution in [0, 0.1) is 11.3 Å². The Kier molecular flexibility index (Phi) is 6.97. The Balaban J connectivity index is 0.00000225.